The molecule has 2 aliphatic heterocycles. The Kier molecular flexibility index (Phi) is 5.12. The lowest BCUT2D eigenvalue weighted by Gasteiger charge is -2.37. The molecule has 2 aliphatic rings. The number of anilines is 1. The quantitative estimate of drug-likeness (QED) is 0.229. The molecular formula is C35H31N2O3+. The summed E-state index contributed by atoms with van der Waals surface area (Å²) >= 11 is 0. The zero-order valence-electron chi connectivity index (χ0n) is 22.8. The first kappa shape index (κ1) is 23.4. The third kappa shape index (κ3) is 3.24. The van der Waals surface area contributed by atoms with Crippen LogP contribution in [0.15, 0.2) is 71.1 Å². The van der Waals surface area contributed by atoms with Crippen LogP contribution in [0.4, 0.5) is 5.69 Å². The van der Waals surface area contributed by atoms with Crippen molar-refractivity contribution in [2.75, 3.05) is 32.2 Å². The largest absolute Gasteiger partial charge is 0.496 e. The summed E-state index contributed by atoms with van der Waals surface area (Å²) in [6, 6.07) is 23.2. The molecule has 3 heterocycles. The summed E-state index contributed by atoms with van der Waals surface area (Å²) < 4.78 is 18.9. The topological polar surface area (TPSA) is 60.4 Å². The zero-order valence-corrected chi connectivity index (χ0v) is 22.8. The molecule has 0 bridgehead atoms. The van der Waals surface area contributed by atoms with Gasteiger partial charge < -0.3 is 18.8 Å². The van der Waals surface area contributed by atoms with E-state index >= 15 is 0 Å². The summed E-state index contributed by atoms with van der Waals surface area (Å²) in [5, 5.41) is 13.5. The molecule has 0 saturated heterocycles. The summed E-state index contributed by atoms with van der Waals surface area (Å²) in [5.74, 6) is 1.53. The second kappa shape index (κ2) is 8.75. The van der Waals surface area contributed by atoms with Crippen molar-refractivity contribution in [1.82, 2.24) is 0 Å². The van der Waals surface area contributed by atoms with Gasteiger partial charge in [-0.1, -0.05) is 18.2 Å². The summed E-state index contributed by atoms with van der Waals surface area (Å²) in [5.41, 5.74) is 8.11. The maximum atomic E-state index is 7.02. The molecule has 5 aromatic carbocycles. The number of benzene rings is 5. The predicted molar refractivity (Wildman–Crippen MR) is 161 cm³/mol. The number of hydrogen-bond donors (Lipinski definition) is 1. The van der Waals surface area contributed by atoms with Gasteiger partial charge in [0.25, 0.3) is 0 Å². The van der Waals surface area contributed by atoms with Crippen LogP contribution < -0.4 is 25.1 Å². The molecule has 0 saturated carbocycles. The summed E-state index contributed by atoms with van der Waals surface area (Å²) in [4.78, 5) is 2.60. The fourth-order valence-corrected chi connectivity index (χ4v) is 7.20. The number of methoxy groups -OCH3 is 2. The molecule has 1 aromatic heterocycles. The molecular weight excluding hydrogens is 496 g/mol. The van der Waals surface area contributed by atoms with E-state index in [4.69, 9.17) is 19.3 Å². The molecule has 2 N–H and O–H groups in total. The van der Waals surface area contributed by atoms with Gasteiger partial charge in [-0.05, 0) is 84.0 Å². The second-order valence-electron chi connectivity index (χ2n) is 11.0. The Morgan fingerprint density at radius 3 is 2.15 bits per heavy atom. The highest BCUT2D eigenvalue weighted by molar-refractivity contribution is 6.21. The molecule has 5 nitrogen and oxygen atoms in total. The van der Waals surface area contributed by atoms with Crippen molar-refractivity contribution >= 4 is 49.2 Å². The first-order valence-electron chi connectivity index (χ1n) is 14.1. The Hall–Kier alpha value is -4.51. The molecule has 8 rings (SSSR count). The summed E-state index contributed by atoms with van der Waals surface area (Å²) in [6.45, 7) is 2.31. The van der Waals surface area contributed by atoms with Crippen molar-refractivity contribution in [3.05, 3.63) is 83.2 Å². The van der Waals surface area contributed by atoms with Gasteiger partial charge >= 0.3 is 0 Å². The number of nitrogens with two attached hydrogens (primary N) is 1. The molecule has 198 valence electrons. The maximum Gasteiger partial charge on any atom is 0.197 e. The Labute approximate surface area is 232 Å². The van der Waals surface area contributed by atoms with Crippen molar-refractivity contribution in [2.45, 2.75) is 25.7 Å². The third-order valence-corrected chi connectivity index (χ3v) is 8.89. The smallest absolute Gasteiger partial charge is 0.197 e. The minimum absolute atomic E-state index is 0.736. The number of hydrogen-bond acceptors (Lipinski definition) is 4. The molecule has 6 aromatic rings. The average Bonchev–Trinajstić information content (AvgIpc) is 2.99. The standard InChI is InChI=1S/C35H30N2O3/c1-38-29-8-3-9-30(39-2)32(29)31-26-12-10-20-18-22(36)11-13-23(20)34(26)40-35-27(31)15-14-24-25-7-5-17-37-16-4-6-21(33(25)37)19-28(24)35/h3,8-15,18-19,36H,4-7,16-17H2,1-2H3/p+1. The van der Waals surface area contributed by atoms with Gasteiger partial charge in [0.2, 0.25) is 0 Å². The van der Waals surface area contributed by atoms with E-state index in [0.717, 1.165) is 86.6 Å². The highest BCUT2D eigenvalue weighted by Crippen LogP contribution is 2.49. The first-order valence-corrected chi connectivity index (χ1v) is 14.1. The normalized spacial score (nSPS) is 14.7. The SMILES string of the molecule is COc1cccc(OC)c1-c1c2ccc3cc(=[NH2+])ccc3c2oc2c1ccc1c3c4c(cc12)CCCN4CCC3. The van der Waals surface area contributed by atoms with Gasteiger partial charge in [0.05, 0.1) is 19.8 Å². The number of fused-ring (bicyclic) bond motifs is 7. The lowest BCUT2D eigenvalue weighted by atomic mass is 9.86. The number of aryl methyl sites for hydroxylation is 2. The Morgan fingerprint density at radius 1 is 0.700 bits per heavy atom. The van der Waals surface area contributed by atoms with Crippen LogP contribution in [-0.4, -0.2) is 27.3 Å². The van der Waals surface area contributed by atoms with E-state index in [0.29, 0.717) is 0 Å². The van der Waals surface area contributed by atoms with E-state index in [1.54, 1.807) is 14.2 Å². The van der Waals surface area contributed by atoms with Crippen molar-refractivity contribution in [2.24, 2.45) is 0 Å². The molecule has 40 heavy (non-hydrogen) atoms. The van der Waals surface area contributed by atoms with Crippen LogP contribution in [0.25, 0.3) is 54.6 Å². The van der Waals surface area contributed by atoms with Gasteiger partial charge in [0.15, 0.2) is 5.36 Å². The van der Waals surface area contributed by atoms with Crippen LogP contribution in [0.3, 0.4) is 0 Å². The molecule has 0 unspecified atom stereocenters. The van der Waals surface area contributed by atoms with Crippen molar-refractivity contribution in [3.8, 4) is 22.6 Å². The first-order chi connectivity index (χ1) is 19.7. The minimum atomic E-state index is 0.736. The lowest BCUT2D eigenvalue weighted by molar-refractivity contribution is -0.172. The van der Waals surface area contributed by atoms with Crippen LogP contribution >= 0.6 is 0 Å². The van der Waals surface area contributed by atoms with Crippen LogP contribution in [0, 0.1) is 0 Å². The highest BCUT2D eigenvalue weighted by Gasteiger charge is 2.28. The Morgan fingerprint density at radius 2 is 1.38 bits per heavy atom. The van der Waals surface area contributed by atoms with E-state index in [1.807, 2.05) is 30.3 Å². The number of ether oxygens (including phenoxy) is 2. The predicted octanol–water partition coefficient (Wildman–Crippen LogP) is 5.94. The Balaban J connectivity index is 1.60. The average molecular weight is 528 g/mol. The fourth-order valence-electron chi connectivity index (χ4n) is 7.20. The van der Waals surface area contributed by atoms with Crippen molar-refractivity contribution < 1.29 is 19.3 Å². The molecule has 0 atom stereocenters. The van der Waals surface area contributed by atoms with Gasteiger partial charge in [-0.15, -0.1) is 0 Å². The van der Waals surface area contributed by atoms with Crippen molar-refractivity contribution in [3.63, 3.8) is 0 Å². The van der Waals surface area contributed by atoms with E-state index in [1.165, 1.54) is 40.4 Å². The third-order valence-electron chi connectivity index (χ3n) is 8.89. The highest BCUT2D eigenvalue weighted by atomic mass is 16.5. The maximum absolute atomic E-state index is 7.02. The van der Waals surface area contributed by atoms with Gasteiger partial charge in [-0.25, -0.2) is 0 Å². The Bertz CT molecular complexity index is 2050. The van der Waals surface area contributed by atoms with Gasteiger partial charge in [-0.2, -0.15) is 0 Å². The molecule has 5 heteroatoms. The number of nitrogens with zero attached hydrogens (tertiary/aromatic N) is 1. The van der Waals surface area contributed by atoms with E-state index < -0.39 is 0 Å². The van der Waals surface area contributed by atoms with Gasteiger partial charge in [0, 0.05) is 58.0 Å². The lowest BCUT2D eigenvalue weighted by Crippen LogP contribution is -2.44. The summed E-state index contributed by atoms with van der Waals surface area (Å²) in [7, 11) is 3.43. The van der Waals surface area contributed by atoms with Crippen molar-refractivity contribution in [1.29, 1.82) is 0 Å². The molecule has 0 aliphatic carbocycles. The van der Waals surface area contributed by atoms with E-state index in [-0.39, 0.29) is 0 Å². The minimum Gasteiger partial charge on any atom is -0.496 e. The van der Waals surface area contributed by atoms with E-state index in [2.05, 4.69) is 41.3 Å². The fraction of sp³-hybridized carbons (Fsp3) is 0.229. The summed E-state index contributed by atoms with van der Waals surface area (Å²) in [6.07, 6.45) is 4.59. The molecule has 0 amide bonds. The van der Waals surface area contributed by atoms with Gasteiger partial charge in [0.1, 0.15) is 22.7 Å². The number of rotatable bonds is 3. The zero-order chi connectivity index (χ0) is 27.0. The molecule has 0 fully saturated rings. The molecule has 0 spiro atoms. The van der Waals surface area contributed by atoms with Gasteiger partial charge in [-0.3, -0.25) is 5.41 Å². The van der Waals surface area contributed by atoms with Crippen LogP contribution in [-0.2, 0) is 12.8 Å². The van der Waals surface area contributed by atoms with Crippen LogP contribution in [0.2, 0.25) is 0 Å². The second-order valence-corrected chi connectivity index (χ2v) is 11.0. The van der Waals surface area contributed by atoms with E-state index in [9.17, 15) is 0 Å². The monoisotopic (exact) mass is 527 g/mol. The van der Waals surface area contributed by atoms with Crippen LogP contribution in [0.5, 0.6) is 11.5 Å². The van der Waals surface area contributed by atoms with Crippen LogP contribution in [0.1, 0.15) is 24.0 Å². The molecule has 0 radical (unpaired) electrons.